The van der Waals surface area contributed by atoms with E-state index in [0.717, 1.165) is 23.9 Å². The molecule has 0 saturated carbocycles. The summed E-state index contributed by atoms with van der Waals surface area (Å²) in [7, 11) is 0. The summed E-state index contributed by atoms with van der Waals surface area (Å²) in [6, 6.07) is 7.98. The number of carbonyl (C=O) groups is 1. The molecule has 0 aromatic heterocycles. The van der Waals surface area contributed by atoms with E-state index in [1.807, 2.05) is 0 Å². The summed E-state index contributed by atoms with van der Waals surface area (Å²) in [5.41, 5.74) is -0.0566. The highest BCUT2D eigenvalue weighted by atomic mass is 35.5. The maximum absolute atomic E-state index is 13.1. The Balaban J connectivity index is 2.40. The Bertz CT molecular complexity index is 647. The molecule has 0 amide bonds. The molecule has 98 valence electrons. The van der Waals surface area contributed by atoms with E-state index in [2.05, 4.69) is 0 Å². The lowest BCUT2D eigenvalue weighted by molar-refractivity contribution is 0.0693. The van der Waals surface area contributed by atoms with Gasteiger partial charge in [-0.25, -0.2) is 13.6 Å². The smallest absolute Gasteiger partial charge is 0.338 e. The first-order valence-corrected chi connectivity index (χ1v) is 6.33. The quantitative estimate of drug-likeness (QED) is 0.909. The van der Waals surface area contributed by atoms with Gasteiger partial charge in [0.1, 0.15) is 0 Å². The third-order valence-electron chi connectivity index (χ3n) is 2.31. The Morgan fingerprint density at radius 1 is 1.16 bits per heavy atom. The molecule has 2 aromatic carbocycles. The van der Waals surface area contributed by atoms with Crippen molar-refractivity contribution in [3.63, 3.8) is 0 Å². The van der Waals surface area contributed by atoms with Gasteiger partial charge in [0.25, 0.3) is 0 Å². The second-order valence-electron chi connectivity index (χ2n) is 3.60. The zero-order valence-electron chi connectivity index (χ0n) is 9.36. The van der Waals surface area contributed by atoms with E-state index in [1.165, 1.54) is 12.1 Å². The molecular weight excluding hydrogens is 294 g/mol. The Hall–Kier alpha value is -1.59. The van der Waals surface area contributed by atoms with Crippen molar-refractivity contribution in [2.24, 2.45) is 0 Å². The third-order valence-corrected chi connectivity index (χ3v) is 3.67. The van der Waals surface area contributed by atoms with Gasteiger partial charge in [0.2, 0.25) is 0 Å². The maximum atomic E-state index is 13.1. The van der Waals surface area contributed by atoms with Crippen molar-refractivity contribution in [3.8, 4) is 0 Å². The Morgan fingerprint density at radius 3 is 2.53 bits per heavy atom. The van der Waals surface area contributed by atoms with Gasteiger partial charge < -0.3 is 5.11 Å². The van der Waals surface area contributed by atoms with Crippen molar-refractivity contribution in [3.05, 3.63) is 58.6 Å². The summed E-state index contributed by atoms with van der Waals surface area (Å²) in [4.78, 5) is 11.9. The van der Waals surface area contributed by atoms with Crippen LogP contribution < -0.4 is 0 Å². The van der Waals surface area contributed by atoms with Crippen LogP contribution in [0.25, 0.3) is 0 Å². The number of halogens is 3. The number of carboxylic acid groups (broad SMARTS) is 1. The molecule has 0 bridgehead atoms. The van der Waals surface area contributed by atoms with Crippen LogP contribution >= 0.6 is 23.4 Å². The molecule has 2 rings (SSSR count). The van der Waals surface area contributed by atoms with Crippen LogP contribution in [-0.4, -0.2) is 11.1 Å². The van der Waals surface area contributed by atoms with Crippen LogP contribution in [0.1, 0.15) is 10.4 Å². The molecule has 0 aliphatic heterocycles. The Morgan fingerprint density at radius 2 is 1.89 bits per heavy atom. The first kappa shape index (κ1) is 13.8. The molecule has 0 radical (unpaired) electrons. The second-order valence-corrected chi connectivity index (χ2v) is 5.12. The first-order valence-electron chi connectivity index (χ1n) is 5.13. The zero-order chi connectivity index (χ0) is 14.0. The maximum Gasteiger partial charge on any atom is 0.338 e. The molecule has 0 fully saturated rings. The molecular formula is C13H7ClF2O2S. The fraction of sp³-hybridized carbons (Fsp3) is 0. The number of benzene rings is 2. The fourth-order valence-corrected chi connectivity index (χ4v) is 2.77. The van der Waals surface area contributed by atoms with Gasteiger partial charge in [-0.05, 0) is 30.3 Å². The van der Waals surface area contributed by atoms with Crippen LogP contribution in [0.2, 0.25) is 5.02 Å². The Labute approximate surface area is 117 Å². The predicted molar refractivity (Wildman–Crippen MR) is 68.9 cm³/mol. The van der Waals surface area contributed by atoms with Crippen molar-refractivity contribution in [2.45, 2.75) is 9.79 Å². The highest BCUT2D eigenvalue weighted by molar-refractivity contribution is 7.99. The molecule has 2 aromatic rings. The molecule has 0 saturated heterocycles. The zero-order valence-corrected chi connectivity index (χ0v) is 10.9. The van der Waals surface area contributed by atoms with Crippen LogP contribution in [0.15, 0.2) is 46.2 Å². The summed E-state index contributed by atoms with van der Waals surface area (Å²) in [6.07, 6.45) is 0. The SMILES string of the molecule is O=C(O)c1c(Cl)cccc1Sc1ccc(F)c(F)c1. The largest absolute Gasteiger partial charge is 0.478 e. The average Bonchev–Trinajstić information content (AvgIpc) is 2.33. The van der Waals surface area contributed by atoms with E-state index in [-0.39, 0.29) is 10.6 Å². The van der Waals surface area contributed by atoms with Gasteiger partial charge >= 0.3 is 5.97 Å². The summed E-state index contributed by atoms with van der Waals surface area (Å²) in [5, 5.41) is 9.19. The van der Waals surface area contributed by atoms with E-state index < -0.39 is 17.6 Å². The monoisotopic (exact) mass is 300 g/mol. The summed E-state index contributed by atoms with van der Waals surface area (Å²) < 4.78 is 25.9. The normalized spacial score (nSPS) is 10.5. The summed E-state index contributed by atoms with van der Waals surface area (Å²) in [5.74, 6) is -3.10. The lowest BCUT2D eigenvalue weighted by Crippen LogP contribution is -1.99. The lowest BCUT2D eigenvalue weighted by Gasteiger charge is -2.07. The van der Waals surface area contributed by atoms with E-state index >= 15 is 0 Å². The van der Waals surface area contributed by atoms with E-state index in [4.69, 9.17) is 16.7 Å². The second kappa shape index (κ2) is 5.59. The van der Waals surface area contributed by atoms with Gasteiger partial charge in [-0.2, -0.15) is 0 Å². The lowest BCUT2D eigenvalue weighted by atomic mass is 10.2. The van der Waals surface area contributed by atoms with Crippen LogP contribution in [-0.2, 0) is 0 Å². The van der Waals surface area contributed by atoms with Crippen LogP contribution in [0.5, 0.6) is 0 Å². The number of hydrogen-bond donors (Lipinski definition) is 1. The number of aromatic carboxylic acids is 1. The number of hydrogen-bond acceptors (Lipinski definition) is 2. The van der Waals surface area contributed by atoms with Gasteiger partial charge in [0.05, 0.1) is 10.6 Å². The van der Waals surface area contributed by atoms with Gasteiger partial charge in [0.15, 0.2) is 11.6 Å². The van der Waals surface area contributed by atoms with Crippen molar-refractivity contribution >= 4 is 29.3 Å². The fourth-order valence-electron chi connectivity index (χ4n) is 1.46. The van der Waals surface area contributed by atoms with Crippen molar-refractivity contribution in [1.82, 2.24) is 0 Å². The molecule has 0 unspecified atom stereocenters. The molecule has 0 atom stereocenters. The van der Waals surface area contributed by atoms with E-state index in [0.29, 0.717) is 9.79 Å². The van der Waals surface area contributed by atoms with Crippen molar-refractivity contribution in [2.75, 3.05) is 0 Å². The minimum absolute atomic E-state index is 0.0566. The molecule has 2 nitrogen and oxygen atoms in total. The topological polar surface area (TPSA) is 37.3 Å². The molecule has 0 aliphatic rings. The highest BCUT2D eigenvalue weighted by Crippen LogP contribution is 2.34. The van der Waals surface area contributed by atoms with Crippen LogP contribution in [0.4, 0.5) is 8.78 Å². The number of rotatable bonds is 3. The Kier molecular flexibility index (Phi) is 4.07. The van der Waals surface area contributed by atoms with Crippen molar-refractivity contribution < 1.29 is 18.7 Å². The molecule has 0 spiro atoms. The van der Waals surface area contributed by atoms with Crippen LogP contribution in [0, 0.1) is 11.6 Å². The van der Waals surface area contributed by atoms with Crippen molar-refractivity contribution in [1.29, 1.82) is 0 Å². The molecule has 0 aliphatic carbocycles. The van der Waals surface area contributed by atoms with Gasteiger partial charge in [-0.15, -0.1) is 0 Å². The predicted octanol–water partition coefficient (Wildman–Crippen LogP) is 4.47. The third kappa shape index (κ3) is 3.05. The standard InChI is InChI=1S/C13H7ClF2O2S/c14-8-2-1-3-11(12(8)13(17)18)19-7-4-5-9(15)10(16)6-7/h1-6H,(H,17,18). The summed E-state index contributed by atoms with van der Waals surface area (Å²) in [6.45, 7) is 0. The molecule has 6 heteroatoms. The van der Waals surface area contributed by atoms with Gasteiger partial charge in [-0.3, -0.25) is 0 Å². The minimum Gasteiger partial charge on any atom is -0.478 e. The van der Waals surface area contributed by atoms with Gasteiger partial charge in [0, 0.05) is 9.79 Å². The highest BCUT2D eigenvalue weighted by Gasteiger charge is 2.15. The van der Waals surface area contributed by atoms with E-state index in [9.17, 15) is 13.6 Å². The summed E-state index contributed by atoms with van der Waals surface area (Å²) >= 11 is 6.83. The van der Waals surface area contributed by atoms with E-state index in [1.54, 1.807) is 12.1 Å². The van der Waals surface area contributed by atoms with Crippen LogP contribution in [0.3, 0.4) is 0 Å². The first-order chi connectivity index (χ1) is 8.99. The molecule has 1 N–H and O–H groups in total. The van der Waals surface area contributed by atoms with Gasteiger partial charge in [-0.1, -0.05) is 29.4 Å². The molecule has 19 heavy (non-hydrogen) atoms. The molecule has 0 heterocycles. The number of carboxylic acids is 1. The average molecular weight is 301 g/mol. The minimum atomic E-state index is -1.17.